The first-order valence-corrected chi connectivity index (χ1v) is 14.7. The Morgan fingerprint density at radius 3 is 2.21 bits per heavy atom. The van der Waals surface area contributed by atoms with Crippen molar-refractivity contribution in [3.63, 3.8) is 0 Å². The highest BCUT2D eigenvalue weighted by Crippen LogP contribution is 2.28. The number of aryl methyl sites for hydroxylation is 3. The molecule has 2 aromatic carbocycles. The molecule has 0 fully saturated rings. The molecular formula is C31H43N3O4S. The van der Waals surface area contributed by atoms with Crippen LogP contribution in [0.25, 0.3) is 0 Å². The maximum atomic E-state index is 14.1. The molecule has 0 heterocycles. The van der Waals surface area contributed by atoms with Gasteiger partial charge >= 0.3 is 6.09 Å². The fourth-order valence-corrected chi connectivity index (χ4v) is 4.69. The third kappa shape index (κ3) is 9.46. The van der Waals surface area contributed by atoms with E-state index in [0.717, 1.165) is 28.8 Å². The number of hydrogen-bond acceptors (Lipinski definition) is 5. The standard InChI is InChI=1S/C31H43N3O4S/c1-9-19-34(29(36)25(18-20-39-8)32-30(37)38-31(5,6)7)27(24-16-14-23(10-2)15-17-24)28(35)33-26-21(3)12-11-13-22(26)4/h9,11-17,25,27H,1,10,18-20H2,2-8H3,(H,32,37)(H,33,35). The molecule has 0 aliphatic rings. The predicted octanol–water partition coefficient (Wildman–Crippen LogP) is 6.21. The van der Waals surface area contributed by atoms with Crippen molar-refractivity contribution in [2.24, 2.45) is 0 Å². The summed E-state index contributed by atoms with van der Waals surface area (Å²) in [6.45, 7) is 15.2. The molecule has 2 rings (SSSR count). The van der Waals surface area contributed by atoms with Crippen LogP contribution in [0.15, 0.2) is 55.1 Å². The van der Waals surface area contributed by atoms with Gasteiger partial charge in [0.1, 0.15) is 17.7 Å². The number of thioether (sulfide) groups is 1. The predicted molar refractivity (Wildman–Crippen MR) is 161 cm³/mol. The lowest BCUT2D eigenvalue weighted by Crippen LogP contribution is -2.52. The van der Waals surface area contributed by atoms with Gasteiger partial charge in [0.15, 0.2) is 0 Å². The molecule has 0 spiro atoms. The first-order valence-electron chi connectivity index (χ1n) is 13.3. The lowest BCUT2D eigenvalue weighted by molar-refractivity contribution is -0.140. The molecule has 0 radical (unpaired) electrons. The minimum atomic E-state index is -0.947. The molecule has 3 amide bonds. The number of hydrogen-bond donors (Lipinski definition) is 2. The Morgan fingerprint density at radius 2 is 1.69 bits per heavy atom. The number of carbonyl (C=O) groups excluding carboxylic acids is 3. The van der Waals surface area contributed by atoms with Crippen LogP contribution in [0.2, 0.25) is 0 Å². The molecule has 0 bridgehead atoms. The Kier molecular flexibility index (Phi) is 12.1. The smallest absolute Gasteiger partial charge is 0.408 e. The van der Waals surface area contributed by atoms with E-state index >= 15 is 0 Å². The number of nitrogens with zero attached hydrogens (tertiary/aromatic N) is 1. The van der Waals surface area contributed by atoms with E-state index in [0.29, 0.717) is 17.7 Å². The lowest BCUT2D eigenvalue weighted by atomic mass is 9.99. The van der Waals surface area contributed by atoms with Crippen molar-refractivity contribution in [2.45, 2.75) is 72.1 Å². The molecule has 0 aliphatic carbocycles. The summed E-state index contributed by atoms with van der Waals surface area (Å²) in [7, 11) is 0. The Balaban J connectivity index is 2.54. The number of benzene rings is 2. The van der Waals surface area contributed by atoms with Crippen LogP contribution in [-0.4, -0.2) is 53.0 Å². The number of amides is 3. The van der Waals surface area contributed by atoms with E-state index in [1.165, 1.54) is 4.90 Å². The minimum absolute atomic E-state index is 0.116. The number of anilines is 1. The van der Waals surface area contributed by atoms with Crippen molar-refractivity contribution in [3.05, 3.63) is 77.4 Å². The van der Waals surface area contributed by atoms with Crippen molar-refractivity contribution in [1.82, 2.24) is 10.2 Å². The highest BCUT2D eigenvalue weighted by Gasteiger charge is 2.36. The average molecular weight is 554 g/mol. The highest BCUT2D eigenvalue weighted by molar-refractivity contribution is 7.98. The third-order valence-corrected chi connectivity index (χ3v) is 6.85. The molecule has 0 saturated heterocycles. The summed E-state index contributed by atoms with van der Waals surface area (Å²) in [5.41, 5.74) is 3.65. The summed E-state index contributed by atoms with van der Waals surface area (Å²) >= 11 is 1.57. The normalized spacial score (nSPS) is 12.7. The van der Waals surface area contributed by atoms with Crippen molar-refractivity contribution in [2.75, 3.05) is 23.9 Å². The summed E-state index contributed by atoms with van der Waals surface area (Å²) < 4.78 is 5.43. The Labute approximate surface area is 237 Å². The minimum Gasteiger partial charge on any atom is -0.444 e. The summed E-state index contributed by atoms with van der Waals surface area (Å²) in [4.78, 5) is 42.2. The van der Waals surface area contributed by atoms with E-state index in [1.54, 1.807) is 38.6 Å². The summed E-state index contributed by atoms with van der Waals surface area (Å²) in [6.07, 6.45) is 4.09. The zero-order valence-electron chi connectivity index (χ0n) is 24.3. The van der Waals surface area contributed by atoms with E-state index in [4.69, 9.17) is 4.74 Å². The molecule has 0 aliphatic heterocycles. The molecule has 39 heavy (non-hydrogen) atoms. The quantitative estimate of drug-likeness (QED) is 0.305. The van der Waals surface area contributed by atoms with E-state index in [1.807, 2.05) is 62.6 Å². The van der Waals surface area contributed by atoms with Gasteiger partial charge < -0.3 is 20.3 Å². The molecule has 2 unspecified atom stereocenters. The SMILES string of the molecule is C=CCN(C(=O)C(CCSC)NC(=O)OC(C)(C)C)C(C(=O)Nc1c(C)cccc1C)c1ccc(CC)cc1. The van der Waals surface area contributed by atoms with Gasteiger partial charge in [-0.1, -0.05) is 55.5 Å². The number of rotatable bonds is 12. The molecule has 8 heteroatoms. The van der Waals surface area contributed by atoms with Gasteiger partial charge in [0, 0.05) is 12.2 Å². The van der Waals surface area contributed by atoms with Crippen LogP contribution in [0.4, 0.5) is 10.5 Å². The van der Waals surface area contributed by atoms with Crippen molar-refractivity contribution >= 4 is 35.4 Å². The number of nitrogens with one attached hydrogen (secondary N) is 2. The maximum Gasteiger partial charge on any atom is 0.408 e. The van der Waals surface area contributed by atoms with Gasteiger partial charge in [0.05, 0.1) is 0 Å². The van der Waals surface area contributed by atoms with Gasteiger partial charge in [-0.15, -0.1) is 6.58 Å². The van der Waals surface area contributed by atoms with Crippen molar-refractivity contribution in [3.8, 4) is 0 Å². The van der Waals surface area contributed by atoms with Crippen LogP contribution in [0, 0.1) is 13.8 Å². The molecule has 0 aromatic heterocycles. The summed E-state index contributed by atoms with van der Waals surface area (Å²) in [6, 6.07) is 11.7. The Bertz CT molecular complexity index is 1120. The largest absolute Gasteiger partial charge is 0.444 e. The first kappa shape index (κ1) is 32.0. The number of carbonyl (C=O) groups is 3. The fraction of sp³-hybridized carbons (Fsp3) is 0.452. The van der Waals surface area contributed by atoms with Gasteiger partial charge in [-0.3, -0.25) is 9.59 Å². The second kappa shape index (κ2) is 14.8. The number of ether oxygens (including phenoxy) is 1. The fourth-order valence-electron chi connectivity index (χ4n) is 4.22. The molecule has 2 N–H and O–H groups in total. The Hall–Kier alpha value is -3.26. The summed E-state index contributed by atoms with van der Waals surface area (Å²) in [5.74, 6) is -0.0812. The van der Waals surface area contributed by atoms with Crippen LogP contribution < -0.4 is 10.6 Å². The van der Waals surface area contributed by atoms with Crippen LogP contribution in [0.1, 0.15) is 62.4 Å². The Morgan fingerprint density at radius 1 is 1.08 bits per heavy atom. The zero-order chi connectivity index (χ0) is 29.2. The molecule has 2 aromatic rings. The van der Waals surface area contributed by atoms with Crippen LogP contribution >= 0.6 is 11.8 Å². The molecular weight excluding hydrogens is 510 g/mol. The van der Waals surface area contributed by atoms with Crippen LogP contribution in [0.5, 0.6) is 0 Å². The maximum absolute atomic E-state index is 14.1. The van der Waals surface area contributed by atoms with Crippen molar-refractivity contribution < 1.29 is 19.1 Å². The third-order valence-electron chi connectivity index (χ3n) is 6.20. The number of para-hydroxylation sites is 1. The summed E-state index contributed by atoms with van der Waals surface area (Å²) in [5, 5.41) is 5.82. The van der Waals surface area contributed by atoms with E-state index in [2.05, 4.69) is 24.1 Å². The zero-order valence-corrected chi connectivity index (χ0v) is 25.1. The topological polar surface area (TPSA) is 87.7 Å². The van der Waals surface area contributed by atoms with Crippen LogP contribution in [0.3, 0.4) is 0 Å². The van der Waals surface area contributed by atoms with E-state index in [9.17, 15) is 14.4 Å². The number of alkyl carbamates (subject to hydrolysis) is 1. The average Bonchev–Trinajstić information content (AvgIpc) is 2.87. The van der Waals surface area contributed by atoms with Gasteiger partial charge in [0.25, 0.3) is 5.91 Å². The molecule has 212 valence electrons. The van der Waals surface area contributed by atoms with Crippen molar-refractivity contribution in [1.29, 1.82) is 0 Å². The van der Waals surface area contributed by atoms with Gasteiger partial charge in [-0.2, -0.15) is 11.8 Å². The van der Waals surface area contributed by atoms with Gasteiger partial charge in [0.2, 0.25) is 5.91 Å². The second-order valence-corrected chi connectivity index (χ2v) is 11.5. The van der Waals surface area contributed by atoms with E-state index in [-0.39, 0.29) is 18.4 Å². The lowest BCUT2D eigenvalue weighted by Gasteiger charge is -2.34. The monoisotopic (exact) mass is 553 g/mol. The highest BCUT2D eigenvalue weighted by atomic mass is 32.2. The van der Waals surface area contributed by atoms with Gasteiger partial charge in [-0.25, -0.2) is 4.79 Å². The second-order valence-electron chi connectivity index (χ2n) is 10.5. The van der Waals surface area contributed by atoms with E-state index < -0.39 is 23.8 Å². The van der Waals surface area contributed by atoms with Gasteiger partial charge in [-0.05, 0) is 81.7 Å². The molecule has 7 nitrogen and oxygen atoms in total. The molecule has 0 saturated carbocycles. The van der Waals surface area contributed by atoms with Crippen LogP contribution in [-0.2, 0) is 20.7 Å². The molecule has 2 atom stereocenters. The first-order chi connectivity index (χ1) is 18.4.